The molecule has 1 saturated heterocycles. The minimum atomic E-state index is -4.54. The van der Waals surface area contributed by atoms with Crippen molar-refractivity contribution >= 4 is 30.7 Å². The van der Waals surface area contributed by atoms with E-state index in [0.29, 0.717) is 13.1 Å². The lowest BCUT2D eigenvalue weighted by atomic mass is 10.1. The van der Waals surface area contributed by atoms with Crippen LogP contribution in [-0.2, 0) is 0 Å². The topological polar surface area (TPSA) is 71.6 Å². The summed E-state index contributed by atoms with van der Waals surface area (Å²) in [6.07, 6.45) is -4.54. The molecule has 0 amide bonds. The van der Waals surface area contributed by atoms with Crippen molar-refractivity contribution in [2.24, 2.45) is 0 Å². The predicted molar refractivity (Wildman–Crippen MR) is 73.1 cm³/mol. The average molecular weight is 352 g/mol. The average Bonchev–Trinajstić information content (AvgIpc) is 2.78. The largest absolute Gasteiger partial charge is 0.433 e. The maximum atomic E-state index is 13.1. The normalized spacial score (nSPS) is 17.5. The van der Waals surface area contributed by atoms with Crippen molar-refractivity contribution in [3.05, 3.63) is 28.0 Å². The van der Waals surface area contributed by atoms with E-state index in [9.17, 15) is 23.3 Å². The quantitative estimate of drug-likeness (QED) is 0.669. The summed E-state index contributed by atoms with van der Waals surface area (Å²) in [5.41, 5.74) is 0. The van der Waals surface area contributed by atoms with Crippen LogP contribution in [0.4, 0.5) is 19.1 Å². The van der Waals surface area contributed by atoms with Gasteiger partial charge in [0.25, 0.3) is 0 Å². The summed E-state index contributed by atoms with van der Waals surface area (Å²) in [7, 11) is 0. The van der Waals surface area contributed by atoms with Gasteiger partial charge < -0.3 is 9.73 Å². The number of nitrogens with one attached hydrogen (secondary N) is 1. The molecule has 1 atom stereocenters. The third kappa shape index (κ3) is 4.73. The molecular weight excluding hydrogens is 338 g/mol. The molecule has 0 spiro atoms. The molecule has 122 valence electrons. The smallest absolute Gasteiger partial charge is 0.404 e. The molecule has 21 heavy (non-hydrogen) atoms. The van der Waals surface area contributed by atoms with Gasteiger partial charge in [0.2, 0.25) is 0 Å². The Balaban J connectivity index is 0.00000200. The zero-order valence-electron chi connectivity index (χ0n) is 10.6. The Morgan fingerprint density at radius 1 is 1.29 bits per heavy atom. The molecule has 1 aliphatic heterocycles. The van der Waals surface area contributed by atoms with Crippen molar-refractivity contribution in [1.29, 1.82) is 0 Å². The Hall–Kier alpha value is -1.03. The van der Waals surface area contributed by atoms with Crippen LogP contribution in [0.5, 0.6) is 0 Å². The van der Waals surface area contributed by atoms with Gasteiger partial charge in [-0.2, -0.15) is 13.2 Å². The lowest BCUT2D eigenvalue weighted by Gasteiger charge is -2.34. The van der Waals surface area contributed by atoms with Gasteiger partial charge in [-0.05, 0) is 6.07 Å². The number of nitro groups is 1. The summed E-state index contributed by atoms with van der Waals surface area (Å²) in [4.78, 5) is 10.8. The molecule has 0 bridgehead atoms. The van der Waals surface area contributed by atoms with E-state index in [1.54, 1.807) is 0 Å². The number of piperazine rings is 1. The maximum Gasteiger partial charge on any atom is 0.433 e. The first-order valence-electron chi connectivity index (χ1n) is 5.65. The number of alkyl halides is 3. The summed E-state index contributed by atoms with van der Waals surface area (Å²) in [6, 6.07) is 0.0116. The number of hydrogen-bond donors (Lipinski definition) is 1. The van der Waals surface area contributed by atoms with Crippen LogP contribution in [0, 0.1) is 10.1 Å². The Kier molecular flexibility index (Phi) is 7.45. The standard InChI is InChI=1S/C10H12F3N3O3.2ClH/c11-10(12,13)9(15-5-3-14-4-6-15)7-1-2-8(19-7)16(17)18;;/h1-2,9,14H,3-6H2;2*1H/t9-;;/m1../s1. The monoisotopic (exact) mass is 351 g/mol. The van der Waals surface area contributed by atoms with Crippen molar-refractivity contribution in [1.82, 2.24) is 10.2 Å². The molecule has 0 aliphatic carbocycles. The van der Waals surface area contributed by atoms with Crippen LogP contribution in [0.1, 0.15) is 11.8 Å². The van der Waals surface area contributed by atoms with Gasteiger partial charge in [-0.3, -0.25) is 15.0 Å². The first kappa shape index (κ1) is 20.0. The Bertz CT molecular complexity index is 464. The van der Waals surface area contributed by atoms with E-state index < -0.39 is 28.8 Å². The maximum absolute atomic E-state index is 13.1. The van der Waals surface area contributed by atoms with E-state index in [0.717, 1.165) is 12.1 Å². The fourth-order valence-corrected chi connectivity index (χ4v) is 2.08. The molecule has 1 N–H and O–H groups in total. The van der Waals surface area contributed by atoms with Crippen LogP contribution in [0.2, 0.25) is 0 Å². The zero-order chi connectivity index (χ0) is 14.0. The highest BCUT2D eigenvalue weighted by Crippen LogP contribution is 2.39. The van der Waals surface area contributed by atoms with Crippen molar-refractivity contribution < 1.29 is 22.5 Å². The number of hydrogen-bond acceptors (Lipinski definition) is 5. The van der Waals surface area contributed by atoms with Crippen LogP contribution >= 0.6 is 24.8 Å². The first-order valence-corrected chi connectivity index (χ1v) is 5.65. The summed E-state index contributed by atoms with van der Waals surface area (Å²) < 4.78 is 44.0. The van der Waals surface area contributed by atoms with Crippen LogP contribution < -0.4 is 5.32 Å². The highest BCUT2D eigenvalue weighted by atomic mass is 35.5. The van der Waals surface area contributed by atoms with E-state index in [2.05, 4.69) is 5.32 Å². The second kappa shape index (κ2) is 7.83. The molecule has 0 unspecified atom stereocenters. The lowest BCUT2D eigenvalue weighted by Crippen LogP contribution is -2.48. The zero-order valence-corrected chi connectivity index (χ0v) is 12.3. The first-order chi connectivity index (χ1) is 8.89. The van der Waals surface area contributed by atoms with Gasteiger partial charge in [0, 0.05) is 26.2 Å². The fourth-order valence-electron chi connectivity index (χ4n) is 2.08. The molecule has 1 aromatic heterocycles. The molecule has 0 aromatic carbocycles. The fraction of sp³-hybridized carbons (Fsp3) is 0.600. The molecule has 6 nitrogen and oxygen atoms in total. The highest BCUT2D eigenvalue weighted by molar-refractivity contribution is 5.85. The summed E-state index contributed by atoms with van der Waals surface area (Å²) in [6.45, 7) is 1.29. The number of halogens is 5. The number of nitrogens with zero attached hydrogens (tertiary/aromatic N) is 2. The van der Waals surface area contributed by atoms with E-state index >= 15 is 0 Å². The number of rotatable bonds is 3. The van der Waals surface area contributed by atoms with Gasteiger partial charge in [0.1, 0.15) is 10.7 Å². The van der Waals surface area contributed by atoms with Gasteiger partial charge in [0.15, 0.2) is 6.04 Å². The summed E-state index contributed by atoms with van der Waals surface area (Å²) in [5.74, 6) is -1.12. The molecular formula is C10H14Cl2F3N3O3. The SMILES string of the molecule is Cl.Cl.O=[N+]([O-])c1ccc([C@@H](N2CCNCC2)C(F)(F)F)o1. The van der Waals surface area contributed by atoms with Crippen LogP contribution in [0.15, 0.2) is 16.5 Å². The van der Waals surface area contributed by atoms with Gasteiger partial charge in [-0.15, -0.1) is 24.8 Å². The predicted octanol–water partition coefficient (Wildman–Crippen LogP) is 2.54. The summed E-state index contributed by atoms with van der Waals surface area (Å²) in [5, 5.41) is 13.4. The Morgan fingerprint density at radius 3 is 2.29 bits per heavy atom. The number of furan rings is 1. The van der Waals surface area contributed by atoms with Crippen LogP contribution in [0.25, 0.3) is 0 Å². The van der Waals surface area contributed by atoms with E-state index in [1.807, 2.05) is 0 Å². The molecule has 1 fully saturated rings. The van der Waals surface area contributed by atoms with E-state index in [1.165, 1.54) is 4.90 Å². The molecule has 0 saturated carbocycles. The summed E-state index contributed by atoms with van der Waals surface area (Å²) >= 11 is 0. The van der Waals surface area contributed by atoms with Crippen molar-refractivity contribution in [2.45, 2.75) is 12.2 Å². The molecule has 11 heteroatoms. The van der Waals surface area contributed by atoms with Crippen molar-refractivity contribution in [2.75, 3.05) is 26.2 Å². The third-order valence-corrected chi connectivity index (χ3v) is 2.89. The molecule has 2 rings (SSSR count). The van der Waals surface area contributed by atoms with Gasteiger partial charge in [0.05, 0.1) is 6.07 Å². The van der Waals surface area contributed by atoms with Crippen molar-refractivity contribution in [3.63, 3.8) is 0 Å². The lowest BCUT2D eigenvalue weighted by molar-refractivity contribution is -0.402. The van der Waals surface area contributed by atoms with E-state index in [-0.39, 0.29) is 37.9 Å². The van der Waals surface area contributed by atoms with Crippen LogP contribution in [-0.4, -0.2) is 42.2 Å². The third-order valence-electron chi connectivity index (χ3n) is 2.89. The second-order valence-electron chi connectivity index (χ2n) is 4.16. The van der Waals surface area contributed by atoms with E-state index in [4.69, 9.17) is 4.42 Å². The molecule has 1 aromatic rings. The molecule has 1 aliphatic rings. The van der Waals surface area contributed by atoms with Gasteiger partial charge in [-0.1, -0.05) is 0 Å². The highest BCUT2D eigenvalue weighted by Gasteiger charge is 2.47. The van der Waals surface area contributed by atoms with Gasteiger partial charge >= 0.3 is 12.1 Å². The minimum Gasteiger partial charge on any atom is -0.404 e. The second-order valence-corrected chi connectivity index (χ2v) is 4.16. The molecule has 0 radical (unpaired) electrons. The Morgan fingerprint density at radius 2 is 1.86 bits per heavy atom. The van der Waals surface area contributed by atoms with Gasteiger partial charge in [-0.25, -0.2) is 0 Å². The molecule has 2 heterocycles. The van der Waals surface area contributed by atoms with Crippen molar-refractivity contribution in [3.8, 4) is 0 Å². The Labute approximate surface area is 130 Å². The minimum absolute atomic E-state index is 0. The van der Waals surface area contributed by atoms with Crippen LogP contribution in [0.3, 0.4) is 0 Å².